The van der Waals surface area contributed by atoms with Gasteiger partial charge in [0.2, 0.25) is 0 Å². The maximum atomic E-state index is 7.08. The quantitative estimate of drug-likeness (QED) is 0.429. The van der Waals surface area contributed by atoms with Gasteiger partial charge in [-0.2, -0.15) is 0 Å². The number of halogens is 1. The maximum Gasteiger partial charge on any atom is 0.0535 e. The zero-order valence-electron chi connectivity index (χ0n) is 16.5. The Hall–Kier alpha value is -2.57. The second-order valence-electron chi connectivity index (χ2n) is 8.72. The number of hydrogen-bond donors (Lipinski definition) is 0. The van der Waals surface area contributed by atoms with Gasteiger partial charge in [-0.3, -0.25) is 0 Å². The molecule has 0 bridgehead atoms. The van der Waals surface area contributed by atoms with Crippen molar-refractivity contribution in [1.29, 1.82) is 0 Å². The van der Waals surface area contributed by atoms with Gasteiger partial charge in [-0.25, -0.2) is 0 Å². The van der Waals surface area contributed by atoms with Crippen LogP contribution < -0.4 is 0 Å². The average molecular weight is 383 g/mol. The lowest BCUT2D eigenvalue weighted by atomic mass is 9.46. The molecular weight excluding hydrogens is 360 g/mol. The van der Waals surface area contributed by atoms with Crippen LogP contribution in [-0.4, -0.2) is 0 Å². The highest BCUT2D eigenvalue weighted by atomic mass is 35.5. The summed E-state index contributed by atoms with van der Waals surface area (Å²) in [7, 11) is 0. The van der Waals surface area contributed by atoms with Crippen molar-refractivity contribution in [1.82, 2.24) is 0 Å². The van der Waals surface area contributed by atoms with Crippen LogP contribution in [0.2, 0.25) is 0 Å². The molecule has 0 fully saturated rings. The lowest BCUT2D eigenvalue weighted by Gasteiger charge is -2.56. The normalized spacial score (nSPS) is 20.7. The zero-order valence-corrected chi connectivity index (χ0v) is 17.2. The second kappa shape index (κ2) is 5.96. The van der Waals surface area contributed by atoms with Crippen LogP contribution in [0.5, 0.6) is 0 Å². The van der Waals surface area contributed by atoms with Crippen molar-refractivity contribution < 1.29 is 0 Å². The summed E-state index contributed by atoms with van der Waals surface area (Å²) < 4.78 is 0. The highest BCUT2D eigenvalue weighted by Gasteiger charge is 2.61. The first-order valence-electron chi connectivity index (χ1n) is 9.84. The van der Waals surface area contributed by atoms with E-state index in [1.54, 1.807) is 0 Å². The van der Waals surface area contributed by atoms with Crippen LogP contribution in [0.4, 0.5) is 0 Å². The summed E-state index contributed by atoms with van der Waals surface area (Å²) in [6.45, 7) is 7.00. The van der Waals surface area contributed by atoms with Crippen LogP contribution in [0.3, 0.4) is 0 Å². The van der Waals surface area contributed by atoms with E-state index < -0.39 is 0 Å². The smallest absolute Gasteiger partial charge is 0.0535 e. The molecule has 0 amide bonds. The van der Waals surface area contributed by atoms with Crippen LogP contribution in [0, 0.1) is 5.41 Å². The van der Waals surface area contributed by atoms with Crippen molar-refractivity contribution in [2.45, 2.75) is 26.2 Å². The zero-order chi connectivity index (χ0) is 19.5. The minimum atomic E-state index is -0.249. The third-order valence-electron chi connectivity index (χ3n) is 6.30. The first-order chi connectivity index (χ1) is 13.5. The molecule has 0 radical (unpaired) electrons. The van der Waals surface area contributed by atoms with Crippen molar-refractivity contribution in [2.24, 2.45) is 5.41 Å². The highest BCUT2D eigenvalue weighted by molar-refractivity contribution is 6.54. The van der Waals surface area contributed by atoms with Gasteiger partial charge >= 0.3 is 0 Å². The summed E-state index contributed by atoms with van der Waals surface area (Å²) in [5.74, 6) is 0. The third-order valence-corrected chi connectivity index (χ3v) is 6.69. The van der Waals surface area contributed by atoms with Crippen molar-refractivity contribution >= 4 is 27.8 Å². The average Bonchev–Trinajstić information content (AvgIpc) is 2.92. The number of allylic oxidation sites excluding steroid dienone is 3. The Morgan fingerprint density at radius 3 is 1.79 bits per heavy atom. The number of rotatable bonds is 2. The molecule has 0 nitrogen and oxygen atoms in total. The molecule has 1 unspecified atom stereocenters. The van der Waals surface area contributed by atoms with E-state index in [0.29, 0.717) is 0 Å². The standard InChI is InChI=1S/C27H23Cl/c1-26(2,3)27(19-14-8-5-9-15-19)23(18-12-6-4-7-13-18)22-20-16-10-11-17-21(20)25(28)24(22)27/h4-17H,1-3H3. The Labute approximate surface area is 172 Å². The number of fused-ring (bicyclic) bond motifs is 3. The van der Waals surface area contributed by atoms with E-state index >= 15 is 0 Å². The first kappa shape index (κ1) is 17.5. The molecule has 0 saturated heterocycles. The summed E-state index contributed by atoms with van der Waals surface area (Å²) in [6.07, 6.45) is 0. The first-order valence-corrected chi connectivity index (χ1v) is 10.2. The number of hydrogen-bond acceptors (Lipinski definition) is 0. The fourth-order valence-corrected chi connectivity index (χ4v) is 5.66. The van der Waals surface area contributed by atoms with Gasteiger partial charge in [0, 0.05) is 5.56 Å². The lowest BCUT2D eigenvalue weighted by molar-refractivity contribution is 0.284. The highest BCUT2D eigenvalue weighted by Crippen LogP contribution is 2.72. The van der Waals surface area contributed by atoms with E-state index in [9.17, 15) is 0 Å². The Bertz CT molecular complexity index is 1130. The van der Waals surface area contributed by atoms with Gasteiger partial charge in [0.25, 0.3) is 0 Å². The fraction of sp³-hybridized carbons (Fsp3) is 0.185. The van der Waals surface area contributed by atoms with E-state index in [-0.39, 0.29) is 10.8 Å². The maximum absolute atomic E-state index is 7.08. The Morgan fingerprint density at radius 1 is 0.643 bits per heavy atom. The van der Waals surface area contributed by atoms with Crippen LogP contribution in [-0.2, 0) is 5.41 Å². The summed E-state index contributed by atoms with van der Waals surface area (Å²) >= 11 is 7.08. The molecule has 0 saturated carbocycles. The van der Waals surface area contributed by atoms with Crippen molar-refractivity contribution in [2.75, 3.05) is 0 Å². The van der Waals surface area contributed by atoms with Gasteiger partial charge in [-0.05, 0) is 38.8 Å². The summed E-state index contributed by atoms with van der Waals surface area (Å²) in [5.41, 5.74) is 8.72. The molecule has 1 atom stereocenters. The topological polar surface area (TPSA) is 0 Å². The van der Waals surface area contributed by atoms with Crippen molar-refractivity contribution in [3.8, 4) is 0 Å². The Balaban J connectivity index is 1.95. The minimum absolute atomic E-state index is 0.0411. The Morgan fingerprint density at radius 2 is 1.18 bits per heavy atom. The van der Waals surface area contributed by atoms with Crippen LogP contribution in [0.1, 0.15) is 43.0 Å². The summed E-state index contributed by atoms with van der Waals surface area (Å²) in [6, 6.07) is 30.2. The minimum Gasteiger partial charge on any atom is -0.0833 e. The molecule has 28 heavy (non-hydrogen) atoms. The van der Waals surface area contributed by atoms with Gasteiger partial charge in [0.15, 0.2) is 0 Å². The molecule has 0 aromatic heterocycles. The third kappa shape index (κ3) is 2.07. The van der Waals surface area contributed by atoms with E-state index in [4.69, 9.17) is 11.6 Å². The molecule has 3 aromatic carbocycles. The van der Waals surface area contributed by atoms with Gasteiger partial charge < -0.3 is 0 Å². The van der Waals surface area contributed by atoms with E-state index in [2.05, 4.69) is 106 Å². The van der Waals surface area contributed by atoms with Crippen molar-refractivity contribution in [3.63, 3.8) is 0 Å². The summed E-state index contributed by atoms with van der Waals surface area (Å²) in [5, 5.41) is 0.907. The van der Waals surface area contributed by atoms with Crippen LogP contribution >= 0.6 is 11.6 Å². The molecule has 0 N–H and O–H groups in total. The van der Waals surface area contributed by atoms with E-state index in [1.165, 1.54) is 33.4 Å². The monoisotopic (exact) mass is 382 g/mol. The molecule has 2 aliphatic carbocycles. The molecule has 0 spiro atoms. The van der Waals surface area contributed by atoms with Gasteiger partial charge in [0.05, 0.1) is 10.4 Å². The van der Waals surface area contributed by atoms with Crippen LogP contribution in [0.25, 0.3) is 16.2 Å². The van der Waals surface area contributed by atoms with Crippen LogP contribution in [0.15, 0.2) is 90.5 Å². The number of benzene rings is 3. The molecule has 5 rings (SSSR count). The molecule has 2 aliphatic rings. The SMILES string of the molecule is CC(C)(C)C1(c2ccccc2)C2=C(Cl)c3ccccc3C2=C1c1ccccc1. The van der Waals surface area contributed by atoms with E-state index in [1.807, 2.05) is 0 Å². The lowest BCUT2D eigenvalue weighted by Crippen LogP contribution is -2.49. The molecule has 3 aromatic rings. The predicted octanol–water partition coefficient (Wildman–Crippen LogP) is 7.56. The van der Waals surface area contributed by atoms with Crippen molar-refractivity contribution in [3.05, 3.63) is 113 Å². The van der Waals surface area contributed by atoms with Gasteiger partial charge in [-0.1, -0.05) is 117 Å². The van der Waals surface area contributed by atoms with Gasteiger partial charge in [0.1, 0.15) is 0 Å². The largest absolute Gasteiger partial charge is 0.0833 e. The molecule has 0 aliphatic heterocycles. The second-order valence-corrected chi connectivity index (χ2v) is 9.09. The predicted molar refractivity (Wildman–Crippen MR) is 120 cm³/mol. The Kier molecular flexibility index (Phi) is 3.73. The molecular formula is C27H23Cl. The van der Waals surface area contributed by atoms with Gasteiger partial charge in [-0.15, -0.1) is 0 Å². The molecule has 138 valence electrons. The fourth-order valence-electron chi connectivity index (χ4n) is 5.26. The van der Waals surface area contributed by atoms with E-state index in [0.717, 1.165) is 10.6 Å². The summed E-state index contributed by atoms with van der Waals surface area (Å²) in [4.78, 5) is 0. The molecule has 0 heterocycles. The molecule has 1 heteroatoms.